The molecule has 4 nitrogen and oxygen atoms in total. The molecule has 0 saturated heterocycles. The lowest BCUT2D eigenvalue weighted by Crippen LogP contribution is -2.03. The summed E-state index contributed by atoms with van der Waals surface area (Å²) >= 11 is 3.36. The van der Waals surface area contributed by atoms with Crippen LogP contribution in [0.3, 0.4) is 0 Å². The lowest BCUT2D eigenvalue weighted by atomic mass is 10.0. The maximum atomic E-state index is 12.0. The fourth-order valence-corrected chi connectivity index (χ4v) is 2.45. The number of anilines is 1. The average molecular weight is 344 g/mol. The minimum absolute atomic E-state index is 0.159. The molecule has 104 valence electrons. The monoisotopic (exact) mass is 343 g/mol. The van der Waals surface area contributed by atoms with Gasteiger partial charge in [0.2, 0.25) is 0 Å². The predicted octanol–water partition coefficient (Wildman–Crippen LogP) is 3.64. The zero-order chi connectivity index (χ0) is 15.0. The molecule has 1 aliphatic heterocycles. The van der Waals surface area contributed by atoms with Gasteiger partial charge in [-0.1, -0.05) is 28.1 Å². The number of carboxylic acids is 1. The van der Waals surface area contributed by atoms with E-state index in [1.165, 1.54) is 12.1 Å². The lowest BCUT2D eigenvalue weighted by molar-refractivity contribution is -0.110. The molecule has 0 saturated carbocycles. The van der Waals surface area contributed by atoms with Crippen LogP contribution < -0.4 is 5.32 Å². The van der Waals surface area contributed by atoms with Crippen LogP contribution >= 0.6 is 15.9 Å². The number of carboxylic acid groups (broad SMARTS) is 1. The highest BCUT2D eigenvalue weighted by atomic mass is 79.9. The van der Waals surface area contributed by atoms with Gasteiger partial charge in [-0.25, -0.2) is 4.79 Å². The van der Waals surface area contributed by atoms with E-state index in [0.29, 0.717) is 16.8 Å². The zero-order valence-electron chi connectivity index (χ0n) is 10.8. The normalized spacial score (nSPS) is 14.9. The second-order valence-electron chi connectivity index (χ2n) is 4.63. The van der Waals surface area contributed by atoms with Crippen LogP contribution in [0.15, 0.2) is 46.9 Å². The third-order valence-corrected chi connectivity index (χ3v) is 3.76. The number of nitrogens with one attached hydrogen (secondary N) is 1. The molecule has 0 radical (unpaired) electrons. The topological polar surface area (TPSA) is 66.4 Å². The van der Waals surface area contributed by atoms with Crippen molar-refractivity contribution in [2.24, 2.45) is 0 Å². The number of hydrogen-bond donors (Lipinski definition) is 2. The average Bonchev–Trinajstić information content (AvgIpc) is 2.77. The summed E-state index contributed by atoms with van der Waals surface area (Å²) in [4.78, 5) is 23.1. The molecule has 1 heterocycles. The van der Waals surface area contributed by atoms with Gasteiger partial charge in [0.15, 0.2) is 0 Å². The summed E-state index contributed by atoms with van der Waals surface area (Å²) in [5.74, 6) is -1.24. The second-order valence-corrected chi connectivity index (χ2v) is 5.54. The zero-order valence-corrected chi connectivity index (χ0v) is 12.3. The number of carbonyl (C=O) groups excluding carboxylic acids is 1. The van der Waals surface area contributed by atoms with Gasteiger partial charge in [0.05, 0.1) is 5.56 Å². The van der Waals surface area contributed by atoms with Crippen LogP contribution in [0.4, 0.5) is 5.69 Å². The standard InChI is InChI=1S/C16H10BrNO3/c17-11-4-1-9(2-5-11)7-13-12-8-10(16(20)21)3-6-14(12)18-15(13)19/h1-8H,(H,18,19)(H,20,21)/b13-7+. The molecule has 2 aromatic rings. The molecule has 0 bridgehead atoms. The first-order valence-electron chi connectivity index (χ1n) is 6.21. The van der Waals surface area contributed by atoms with Crippen molar-refractivity contribution in [2.45, 2.75) is 0 Å². The van der Waals surface area contributed by atoms with Crippen LogP contribution in [0.1, 0.15) is 21.5 Å². The van der Waals surface area contributed by atoms with Crippen molar-refractivity contribution >= 4 is 45.1 Å². The first-order chi connectivity index (χ1) is 10.0. The van der Waals surface area contributed by atoms with Gasteiger partial charge in [0, 0.05) is 21.3 Å². The summed E-state index contributed by atoms with van der Waals surface area (Å²) in [5.41, 5.74) is 2.75. The number of rotatable bonds is 2. The van der Waals surface area contributed by atoms with Crippen LogP contribution in [0.2, 0.25) is 0 Å². The largest absolute Gasteiger partial charge is 0.478 e. The Morgan fingerprint density at radius 2 is 1.86 bits per heavy atom. The minimum atomic E-state index is -1.01. The number of fused-ring (bicyclic) bond motifs is 1. The van der Waals surface area contributed by atoms with Crippen molar-refractivity contribution in [3.63, 3.8) is 0 Å². The molecule has 0 spiro atoms. The number of aromatic carboxylic acids is 1. The van der Waals surface area contributed by atoms with Crippen LogP contribution in [0.5, 0.6) is 0 Å². The van der Waals surface area contributed by atoms with Gasteiger partial charge in [0.1, 0.15) is 0 Å². The van der Waals surface area contributed by atoms with Crippen LogP contribution in [-0.2, 0) is 4.79 Å². The Morgan fingerprint density at radius 3 is 2.52 bits per heavy atom. The van der Waals surface area contributed by atoms with E-state index in [2.05, 4.69) is 21.2 Å². The van der Waals surface area contributed by atoms with E-state index < -0.39 is 5.97 Å². The molecule has 0 aliphatic carbocycles. The smallest absolute Gasteiger partial charge is 0.335 e. The molecule has 0 unspecified atom stereocenters. The highest BCUT2D eigenvalue weighted by Crippen LogP contribution is 2.34. The van der Waals surface area contributed by atoms with Gasteiger partial charge in [0.25, 0.3) is 5.91 Å². The first-order valence-corrected chi connectivity index (χ1v) is 7.00. The summed E-state index contributed by atoms with van der Waals surface area (Å²) in [6, 6.07) is 12.1. The predicted molar refractivity (Wildman–Crippen MR) is 84.0 cm³/mol. The number of halogens is 1. The van der Waals surface area contributed by atoms with Crippen LogP contribution in [-0.4, -0.2) is 17.0 Å². The van der Waals surface area contributed by atoms with E-state index in [1.807, 2.05) is 24.3 Å². The minimum Gasteiger partial charge on any atom is -0.478 e. The van der Waals surface area contributed by atoms with Crippen molar-refractivity contribution in [1.82, 2.24) is 0 Å². The van der Waals surface area contributed by atoms with Crippen LogP contribution in [0.25, 0.3) is 11.6 Å². The van der Waals surface area contributed by atoms with Crippen molar-refractivity contribution in [3.8, 4) is 0 Å². The molecular weight excluding hydrogens is 334 g/mol. The summed E-state index contributed by atoms with van der Waals surface area (Å²) in [7, 11) is 0. The van der Waals surface area contributed by atoms with Crippen LogP contribution in [0, 0.1) is 0 Å². The van der Waals surface area contributed by atoms with E-state index in [1.54, 1.807) is 12.1 Å². The fraction of sp³-hybridized carbons (Fsp3) is 0. The van der Waals surface area contributed by atoms with Crippen molar-refractivity contribution in [3.05, 3.63) is 63.6 Å². The van der Waals surface area contributed by atoms with E-state index in [9.17, 15) is 9.59 Å². The number of carbonyl (C=O) groups is 2. The Kier molecular flexibility index (Phi) is 3.35. The Morgan fingerprint density at radius 1 is 1.14 bits per heavy atom. The maximum absolute atomic E-state index is 12.0. The molecule has 21 heavy (non-hydrogen) atoms. The molecule has 0 aromatic heterocycles. The van der Waals surface area contributed by atoms with Crippen molar-refractivity contribution < 1.29 is 14.7 Å². The van der Waals surface area contributed by atoms with Gasteiger partial charge in [-0.15, -0.1) is 0 Å². The van der Waals surface area contributed by atoms with Gasteiger partial charge >= 0.3 is 5.97 Å². The van der Waals surface area contributed by atoms with E-state index >= 15 is 0 Å². The summed E-state index contributed by atoms with van der Waals surface area (Å²) in [5, 5.41) is 11.8. The van der Waals surface area contributed by atoms with Gasteiger partial charge in [-0.05, 0) is 42.0 Å². The molecular formula is C16H10BrNO3. The Hall–Kier alpha value is -2.40. The molecule has 1 aliphatic rings. The van der Waals surface area contributed by atoms with Crippen molar-refractivity contribution in [1.29, 1.82) is 0 Å². The second kappa shape index (κ2) is 5.18. The fourth-order valence-electron chi connectivity index (χ4n) is 2.19. The third-order valence-electron chi connectivity index (χ3n) is 3.23. The maximum Gasteiger partial charge on any atom is 0.335 e. The van der Waals surface area contributed by atoms with Gasteiger partial charge in [-0.2, -0.15) is 0 Å². The summed E-state index contributed by atoms with van der Waals surface area (Å²) in [6.07, 6.45) is 1.75. The quantitative estimate of drug-likeness (QED) is 0.818. The summed E-state index contributed by atoms with van der Waals surface area (Å²) < 4.78 is 0.953. The molecule has 1 amide bonds. The molecule has 0 atom stereocenters. The number of amides is 1. The highest BCUT2D eigenvalue weighted by Gasteiger charge is 2.25. The Balaban J connectivity index is 2.09. The number of hydrogen-bond acceptors (Lipinski definition) is 2. The molecule has 2 N–H and O–H groups in total. The number of benzene rings is 2. The molecule has 3 rings (SSSR count). The Labute approximate surface area is 129 Å². The Bertz CT molecular complexity index is 779. The third kappa shape index (κ3) is 2.60. The van der Waals surface area contributed by atoms with Gasteiger partial charge < -0.3 is 10.4 Å². The van der Waals surface area contributed by atoms with E-state index in [-0.39, 0.29) is 11.5 Å². The van der Waals surface area contributed by atoms with Gasteiger partial charge in [-0.3, -0.25) is 4.79 Å². The molecule has 2 aromatic carbocycles. The summed E-state index contributed by atoms with van der Waals surface area (Å²) in [6.45, 7) is 0. The lowest BCUT2D eigenvalue weighted by Gasteiger charge is -2.01. The molecule has 5 heteroatoms. The highest BCUT2D eigenvalue weighted by molar-refractivity contribution is 9.10. The SMILES string of the molecule is O=C1Nc2ccc(C(=O)O)cc2/C1=C\c1ccc(Br)cc1. The first kappa shape index (κ1) is 13.6. The van der Waals surface area contributed by atoms with E-state index in [4.69, 9.17) is 5.11 Å². The van der Waals surface area contributed by atoms with E-state index in [0.717, 1.165) is 10.0 Å². The van der Waals surface area contributed by atoms with Crippen molar-refractivity contribution in [2.75, 3.05) is 5.32 Å². The molecule has 0 fully saturated rings.